The molecule has 3 rings (SSSR count). The van der Waals surface area contributed by atoms with Crippen LogP contribution in [0.5, 0.6) is 0 Å². The predicted octanol–water partition coefficient (Wildman–Crippen LogP) is 3.44. The molecular formula is C16H20Cl2N2O. The Balaban J connectivity index is 1.58. The average molecular weight is 327 g/mol. The molecule has 0 radical (unpaired) electrons. The Hall–Kier alpha value is -0.770. The highest BCUT2D eigenvalue weighted by atomic mass is 35.5. The van der Waals surface area contributed by atoms with Gasteiger partial charge in [0.1, 0.15) is 0 Å². The average Bonchev–Trinajstić information content (AvgIpc) is 3.28. The fraction of sp³-hybridized carbons (Fsp3) is 0.562. The third-order valence-corrected chi connectivity index (χ3v) is 4.82. The van der Waals surface area contributed by atoms with Crippen LogP contribution in [-0.2, 0) is 11.3 Å². The molecule has 1 saturated heterocycles. The van der Waals surface area contributed by atoms with Crippen LogP contribution in [0.2, 0.25) is 10.0 Å². The second kappa shape index (κ2) is 6.55. The molecule has 1 aromatic carbocycles. The number of carbonyl (C=O) groups is 1. The lowest BCUT2D eigenvalue weighted by Gasteiger charge is -2.22. The van der Waals surface area contributed by atoms with Crippen LogP contribution < -0.4 is 0 Å². The lowest BCUT2D eigenvalue weighted by molar-refractivity contribution is -0.132. The van der Waals surface area contributed by atoms with Gasteiger partial charge in [0.25, 0.3) is 0 Å². The van der Waals surface area contributed by atoms with E-state index in [1.165, 1.54) is 0 Å². The van der Waals surface area contributed by atoms with E-state index in [-0.39, 0.29) is 0 Å². The first-order valence-electron chi connectivity index (χ1n) is 7.58. The lowest BCUT2D eigenvalue weighted by Crippen LogP contribution is -2.36. The minimum absolute atomic E-state index is 0.322. The summed E-state index contributed by atoms with van der Waals surface area (Å²) in [6.45, 7) is 4.47. The van der Waals surface area contributed by atoms with Gasteiger partial charge in [-0.05, 0) is 37.0 Å². The molecule has 0 unspecified atom stereocenters. The Kier molecular flexibility index (Phi) is 4.72. The molecule has 1 aliphatic carbocycles. The summed E-state index contributed by atoms with van der Waals surface area (Å²) in [6, 6.07) is 5.66. The number of nitrogens with zero attached hydrogens (tertiary/aromatic N) is 2. The molecule has 2 fully saturated rings. The zero-order chi connectivity index (χ0) is 14.8. The quantitative estimate of drug-likeness (QED) is 0.849. The lowest BCUT2D eigenvalue weighted by atomic mass is 10.2. The highest BCUT2D eigenvalue weighted by Gasteiger charge is 2.33. The molecule has 114 valence electrons. The smallest absolute Gasteiger partial charge is 0.225 e. The molecule has 2 aliphatic rings. The summed E-state index contributed by atoms with van der Waals surface area (Å²) in [5.74, 6) is 0.684. The number of carbonyl (C=O) groups excluding carboxylic acids is 1. The van der Waals surface area contributed by atoms with Gasteiger partial charge < -0.3 is 4.90 Å². The standard InChI is InChI=1S/C16H20Cl2N2O/c17-14-5-4-13(15(18)10-14)11-19-6-1-7-20(9-8-19)16(21)12-2-3-12/h4-5,10,12H,1-3,6-9,11H2. The van der Waals surface area contributed by atoms with E-state index in [1.807, 2.05) is 17.0 Å². The van der Waals surface area contributed by atoms with Crippen molar-refractivity contribution in [2.45, 2.75) is 25.8 Å². The molecule has 1 aromatic rings. The number of halogens is 2. The van der Waals surface area contributed by atoms with Crippen LogP contribution in [0.3, 0.4) is 0 Å². The topological polar surface area (TPSA) is 23.6 Å². The fourth-order valence-electron chi connectivity index (χ4n) is 2.83. The van der Waals surface area contributed by atoms with Gasteiger partial charge in [-0.3, -0.25) is 9.69 Å². The highest BCUT2D eigenvalue weighted by molar-refractivity contribution is 6.35. The van der Waals surface area contributed by atoms with Crippen LogP contribution in [0.4, 0.5) is 0 Å². The maximum atomic E-state index is 12.1. The first-order valence-corrected chi connectivity index (χ1v) is 8.34. The summed E-state index contributed by atoms with van der Waals surface area (Å²) in [6.07, 6.45) is 3.20. The van der Waals surface area contributed by atoms with E-state index in [1.54, 1.807) is 6.07 Å². The first kappa shape index (κ1) is 15.1. The number of amides is 1. The zero-order valence-electron chi connectivity index (χ0n) is 12.0. The van der Waals surface area contributed by atoms with Crippen LogP contribution in [0, 0.1) is 5.92 Å². The van der Waals surface area contributed by atoms with Crippen molar-refractivity contribution in [2.24, 2.45) is 5.92 Å². The molecule has 0 atom stereocenters. The van der Waals surface area contributed by atoms with Crippen LogP contribution in [0.15, 0.2) is 18.2 Å². The summed E-state index contributed by atoms with van der Waals surface area (Å²) in [5, 5.41) is 1.39. The van der Waals surface area contributed by atoms with Crippen molar-refractivity contribution >= 4 is 29.1 Å². The molecule has 1 heterocycles. The largest absolute Gasteiger partial charge is 0.341 e. The molecule has 1 saturated carbocycles. The van der Waals surface area contributed by atoms with Crippen molar-refractivity contribution in [2.75, 3.05) is 26.2 Å². The third-order valence-electron chi connectivity index (χ3n) is 4.24. The zero-order valence-corrected chi connectivity index (χ0v) is 13.5. The Bertz CT molecular complexity index is 531. The van der Waals surface area contributed by atoms with Crippen LogP contribution >= 0.6 is 23.2 Å². The Labute approximate surface area is 135 Å². The number of rotatable bonds is 3. The molecule has 21 heavy (non-hydrogen) atoms. The number of hydrogen-bond acceptors (Lipinski definition) is 2. The molecule has 1 amide bonds. The molecule has 0 aromatic heterocycles. The predicted molar refractivity (Wildman–Crippen MR) is 85.7 cm³/mol. The second-order valence-corrected chi connectivity index (χ2v) is 6.81. The van der Waals surface area contributed by atoms with Crippen molar-refractivity contribution in [3.05, 3.63) is 33.8 Å². The van der Waals surface area contributed by atoms with E-state index in [0.29, 0.717) is 16.8 Å². The Morgan fingerprint density at radius 1 is 1.14 bits per heavy atom. The first-order chi connectivity index (χ1) is 10.1. The van der Waals surface area contributed by atoms with E-state index >= 15 is 0 Å². The fourth-order valence-corrected chi connectivity index (χ4v) is 3.30. The Morgan fingerprint density at radius 3 is 2.67 bits per heavy atom. The molecular weight excluding hydrogens is 307 g/mol. The minimum atomic E-state index is 0.322. The van der Waals surface area contributed by atoms with Crippen LogP contribution in [0.1, 0.15) is 24.8 Å². The van der Waals surface area contributed by atoms with Gasteiger partial charge in [0.15, 0.2) is 0 Å². The van der Waals surface area contributed by atoms with Gasteiger partial charge in [0.2, 0.25) is 5.91 Å². The van der Waals surface area contributed by atoms with E-state index in [2.05, 4.69) is 4.90 Å². The second-order valence-electron chi connectivity index (χ2n) is 5.96. The summed E-state index contributed by atoms with van der Waals surface area (Å²) < 4.78 is 0. The molecule has 0 bridgehead atoms. The van der Waals surface area contributed by atoms with E-state index in [4.69, 9.17) is 23.2 Å². The van der Waals surface area contributed by atoms with Crippen molar-refractivity contribution < 1.29 is 4.79 Å². The summed E-state index contributed by atoms with van der Waals surface area (Å²) in [5.41, 5.74) is 1.10. The van der Waals surface area contributed by atoms with E-state index < -0.39 is 0 Å². The maximum absolute atomic E-state index is 12.1. The van der Waals surface area contributed by atoms with Gasteiger partial charge in [0.05, 0.1) is 0 Å². The Morgan fingerprint density at radius 2 is 1.95 bits per heavy atom. The van der Waals surface area contributed by atoms with E-state index in [0.717, 1.165) is 62.6 Å². The van der Waals surface area contributed by atoms with Gasteiger partial charge in [-0.2, -0.15) is 0 Å². The normalized spacial score (nSPS) is 20.4. The highest BCUT2D eigenvalue weighted by Crippen LogP contribution is 2.31. The molecule has 0 spiro atoms. The third kappa shape index (κ3) is 3.91. The number of hydrogen-bond donors (Lipinski definition) is 0. The summed E-state index contributed by atoms with van der Waals surface area (Å²) >= 11 is 12.2. The van der Waals surface area contributed by atoms with Gasteiger partial charge in [0, 0.05) is 48.7 Å². The van der Waals surface area contributed by atoms with Crippen molar-refractivity contribution in [3.63, 3.8) is 0 Å². The van der Waals surface area contributed by atoms with Crippen molar-refractivity contribution in [3.8, 4) is 0 Å². The van der Waals surface area contributed by atoms with Crippen LogP contribution in [-0.4, -0.2) is 41.9 Å². The van der Waals surface area contributed by atoms with Gasteiger partial charge in [-0.15, -0.1) is 0 Å². The molecule has 0 N–H and O–H groups in total. The van der Waals surface area contributed by atoms with Crippen LogP contribution in [0.25, 0.3) is 0 Å². The van der Waals surface area contributed by atoms with Crippen molar-refractivity contribution in [1.82, 2.24) is 9.80 Å². The summed E-state index contributed by atoms with van der Waals surface area (Å²) in [7, 11) is 0. The number of benzene rings is 1. The SMILES string of the molecule is O=C(C1CC1)N1CCCN(Cc2ccc(Cl)cc2Cl)CC1. The molecule has 1 aliphatic heterocycles. The van der Waals surface area contributed by atoms with E-state index in [9.17, 15) is 4.79 Å². The van der Waals surface area contributed by atoms with Gasteiger partial charge in [-0.25, -0.2) is 0 Å². The van der Waals surface area contributed by atoms with Gasteiger partial charge in [-0.1, -0.05) is 29.3 Å². The van der Waals surface area contributed by atoms with Gasteiger partial charge >= 0.3 is 0 Å². The maximum Gasteiger partial charge on any atom is 0.225 e. The minimum Gasteiger partial charge on any atom is -0.341 e. The van der Waals surface area contributed by atoms with Crippen molar-refractivity contribution in [1.29, 1.82) is 0 Å². The molecule has 3 nitrogen and oxygen atoms in total. The monoisotopic (exact) mass is 326 g/mol. The molecule has 5 heteroatoms. The summed E-state index contributed by atoms with van der Waals surface area (Å²) in [4.78, 5) is 16.6.